The third-order valence-electron chi connectivity index (χ3n) is 4.70. The van der Waals surface area contributed by atoms with E-state index in [1.54, 1.807) is 0 Å². The number of amides is 1. The third-order valence-corrected chi connectivity index (χ3v) is 4.70. The van der Waals surface area contributed by atoms with Crippen molar-refractivity contribution in [2.24, 2.45) is 11.8 Å². The quantitative estimate of drug-likeness (QED) is 0.719. The van der Waals surface area contributed by atoms with Crippen LogP contribution in [0.1, 0.15) is 58.8 Å². The normalized spacial score (nSPS) is 27.3. The average Bonchev–Trinajstić information content (AvgIpc) is 3.20. The van der Waals surface area contributed by atoms with Crippen LogP contribution in [0, 0.1) is 11.8 Å². The summed E-state index contributed by atoms with van der Waals surface area (Å²) in [5, 5.41) is 3.35. The largest absolute Gasteiger partial charge is 0.339 e. The van der Waals surface area contributed by atoms with Crippen molar-refractivity contribution in [3.8, 4) is 0 Å². The summed E-state index contributed by atoms with van der Waals surface area (Å²) in [4.78, 5) is 14.1. The van der Waals surface area contributed by atoms with Crippen LogP contribution in [0.2, 0.25) is 0 Å². The van der Waals surface area contributed by atoms with Gasteiger partial charge in [0.1, 0.15) is 0 Å². The fraction of sp³-hybridized carbons (Fsp3) is 0.938. The summed E-state index contributed by atoms with van der Waals surface area (Å²) in [5.41, 5.74) is 0. The summed E-state index contributed by atoms with van der Waals surface area (Å²) in [6.07, 6.45) is 9.25. The molecule has 2 rings (SSSR count). The Kier molecular flexibility index (Phi) is 5.68. The maximum Gasteiger partial charge on any atom is 0.236 e. The molecule has 2 unspecified atom stereocenters. The molecule has 3 nitrogen and oxygen atoms in total. The molecule has 0 aliphatic heterocycles. The molecule has 0 saturated heterocycles. The predicted octanol–water partition coefficient (Wildman–Crippen LogP) is 2.80. The minimum atomic E-state index is 0.294. The molecule has 2 aliphatic carbocycles. The predicted molar refractivity (Wildman–Crippen MR) is 79.0 cm³/mol. The Bertz CT molecular complexity index is 288. The second kappa shape index (κ2) is 7.28. The van der Waals surface area contributed by atoms with Crippen LogP contribution in [0.5, 0.6) is 0 Å². The minimum absolute atomic E-state index is 0.294. The topological polar surface area (TPSA) is 32.3 Å². The molecule has 0 spiro atoms. The van der Waals surface area contributed by atoms with Crippen molar-refractivity contribution in [1.29, 1.82) is 0 Å². The van der Waals surface area contributed by atoms with Gasteiger partial charge < -0.3 is 10.2 Å². The van der Waals surface area contributed by atoms with Gasteiger partial charge in [-0.05, 0) is 51.0 Å². The lowest BCUT2D eigenvalue weighted by Crippen LogP contribution is -2.40. The maximum absolute atomic E-state index is 12.0. The van der Waals surface area contributed by atoms with Crippen LogP contribution < -0.4 is 5.32 Å². The molecular weight excluding hydrogens is 236 g/mol. The molecule has 2 aliphatic rings. The standard InChI is InChI=1S/C16H30N2O/c1-3-18(15-7-8-15)16(19)12-17-10-9-14-6-4-5-13(2)11-14/h13-15,17H,3-12H2,1-2H3. The second-order valence-electron chi connectivity index (χ2n) is 6.51. The van der Waals surface area contributed by atoms with E-state index in [4.69, 9.17) is 0 Å². The van der Waals surface area contributed by atoms with Gasteiger partial charge in [0.2, 0.25) is 5.91 Å². The van der Waals surface area contributed by atoms with Gasteiger partial charge >= 0.3 is 0 Å². The molecule has 19 heavy (non-hydrogen) atoms. The van der Waals surface area contributed by atoms with Crippen molar-refractivity contribution in [2.45, 2.75) is 64.8 Å². The summed E-state index contributed by atoms with van der Waals surface area (Å²) in [5.74, 6) is 2.09. The number of nitrogens with one attached hydrogen (secondary N) is 1. The smallest absolute Gasteiger partial charge is 0.236 e. The number of likely N-dealkylation sites (N-methyl/N-ethyl adjacent to an activating group) is 1. The molecule has 2 saturated carbocycles. The second-order valence-corrected chi connectivity index (χ2v) is 6.51. The Morgan fingerprint density at radius 2 is 2.05 bits per heavy atom. The number of hydrogen-bond acceptors (Lipinski definition) is 2. The van der Waals surface area contributed by atoms with Gasteiger partial charge in [0, 0.05) is 12.6 Å². The zero-order valence-electron chi connectivity index (χ0n) is 12.7. The molecular formula is C16H30N2O. The summed E-state index contributed by atoms with van der Waals surface area (Å²) < 4.78 is 0. The Balaban J connectivity index is 1.57. The average molecular weight is 266 g/mol. The molecule has 0 aromatic rings. The Labute approximate surface area is 118 Å². The number of rotatable bonds is 7. The summed E-state index contributed by atoms with van der Waals surface area (Å²) in [6, 6.07) is 0.554. The van der Waals surface area contributed by atoms with E-state index in [1.807, 2.05) is 4.90 Å². The molecule has 110 valence electrons. The SMILES string of the molecule is CCN(C(=O)CNCCC1CCCC(C)C1)C1CC1. The van der Waals surface area contributed by atoms with E-state index >= 15 is 0 Å². The van der Waals surface area contributed by atoms with Crippen LogP contribution in [0.15, 0.2) is 0 Å². The van der Waals surface area contributed by atoms with Gasteiger partial charge in [-0.25, -0.2) is 0 Å². The van der Waals surface area contributed by atoms with Gasteiger partial charge in [-0.15, -0.1) is 0 Å². The first-order valence-electron chi connectivity index (χ1n) is 8.21. The number of carbonyl (C=O) groups excluding carboxylic acids is 1. The molecule has 0 heterocycles. The van der Waals surface area contributed by atoms with Gasteiger partial charge in [0.15, 0.2) is 0 Å². The number of nitrogens with zero attached hydrogens (tertiary/aromatic N) is 1. The highest BCUT2D eigenvalue weighted by atomic mass is 16.2. The Morgan fingerprint density at radius 1 is 1.26 bits per heavy atom. The maximum atomic E-state index is 12.0. The Morgan fingerprint density at radius 3 is 2.68 bits per heavy atom. The first kappa shape index (κ1) is 14.8. The highest BCUT2D eigenvalue weighted by Crippen LogP contribution is 2.30. The lowest BCUT2D eigenvalue weighted by Gasteiger charge is -2.27. The molecule has 1 N–H and O–H groups in total. The van der Waals surface area contributed by atoms with Crippen LogP contribution >= 0.6 is 0 Å². The molecule has 3 heteroatoms. The van der Waals surface area contributed by atoms with E-state index in [1.165, 1.54) is 44.9 Å². The molecule has 0 aromatic carbocycles. The summed E-state index contributed by atoms with van der Waals surface area (Å²) in [6.45, 7) is 6.86. The number of hydrogen-bond donors (Lipinski definition) is 1. The molecule has 2 fully saturated rings. The van der Waals surface area contributed by atoms with E-state index in [-0.39, 0.29) is 0 Å². The van der Waals surface area contributed by atoms with Gasteiger partial charge in [-0.3, -0.25) is 4.79 Å². The first-order chi connectivity index (χ1) is 9.20. The lowest BCUT2D eigenvalue weighted by molar-refractivity contribution is -0.130. The lowest BCUT2D eigenvalue weighted by atomic mass is 9.81. The van der Waals surface area contributed by atoms with E-state index < -0.39 is 0 Å². The van der Waals surface area contributed by atoms with E-state index in [0.717, 1.165) is 24.9 Å². The zero-order valence-corrected chi connectivity index (χ0v) is 12.7. The molecule has 1 amide bonds. The minimum Gasteiger partial charge on any atom is -0.339 e. The molecule has 0 bridgehead atoms. The van der Waals surface area contributed by atoms with Crippen molar-refractivity contribution < 1.29 is 4.79 Å². The van der Waals surface area contributed by atoms with Crippen molar-refractivity contribution >= 4 is 5.91 Å². The van der Waals surface area contributed by atoms with Crippen molar-refractivity contribution in [3.63, 3.8) is 0 Å². The third kappa shape index (κ3) is 4.79. The van der Waals surface area contributed by atoms with Gasteiger partial charge in [-0.2, -0.15) is 0 Å². The highest BCUT2D eigenvalue weighted by Gasteiger charge is 2.30. The molecule has 0 radical (unpaired) electrons. The fourth-order valence-corrected chi connectivity index (χ4v) is 3.45. The van der Waals surface area contributed by atoms with E-state index in [0.29, 0.717) is 18.5 Å². The molecule has 0 aromatic heterocycles. The zero-order chi connectivity index (χ0) is 13.7. The van der Waals surface area contributed by atoms with Crippen LogP contribution in [-0.2, 0) is 4.79 Å². The van der Waals surface area contributed by atoms with Crippen molar-refractivity contribution in [2.75, 3.05) is 19.6 Å². The van der Waals surface area contributed by atoms with Crippen LogP contribution in [-0.4, -0.2) is 36.5 Å². The summed E-state index contributed by atoms with van der Waals surface area (Å²) >= 11 is 0. The van der Waals surface area contributed by atoms with E-state index in [2.05, 4.69) is 19.2 Å². The van der Waals surface area contributed by atoms with Crippen LogP contribution in [0.3, 0.4) is 0 Å². The summed E-state index contributed by atoms with van der Waals surface area (Å²) in [7, 11) is 0. The van der Waals surface area contributed by atoms with Gasteiger partial charge in [0.05, 0.1) is 6.54 Å². The first-order valence-corrected chi connectivity index (χ1v) is 8.21. The number of carbonyl (C=O) groups is 1. The van der Waals surface area contributed by atoms with Crippen LogP contribution in [0.25, 0.3) is 0 Å². The Hall–Kier alpha value is -0.570. The monoisotopic (exact) mass is 266 g/mol. The van der Waals surface area contributed by atoms with Gasteiger partial charge in [-0.1, -0.05) is 26.2 Å². The fourth-order valence-electron chi connectivity index (χ4n) is 3.45. The van der Waals surface area contributed by atoms with Crippen molar-refractivity contribution in [1.82, 2.24) is 10.2 Å². The van der Waals surface area contributed by atoms with Crippen LogP contribution in [0.4, 0.5) is 0 Å². The van der Waals surface area contributed by atoms with Crippen molar-refractivity contribution in [3.05, 3.63) is 0 Å². The van der Waals surface area contributed by atoms with Gasteiger partial charge in [0.25, 0.3) is 0 Å². The molecule has 2 atom stereocenters. The van der Waals surface area contributed by atoms with E-state index in [9.17, 15) is 4.79 Å². The highest BCUT2D eigenvalue weighted by molar-refractivity contribution is 5.78.